The molecule has 3 rings (SSSR count). The van der Waals surface area contributed by atoms with E-state index in [4.69, 9.17) is 4.74 Å². The molecule has 0 aromatic heterocycles. The van der Waals surface area contributed by atoms with Gasteiger partial charge in [0.05, 0.1) is 12.6 Å². The van der Waals surface area contributed by atoms with E-state index >= 15 is 0 Å². The van der Waals surface area contributed by atoms with Crippen molar-refractivity contribution in [2.24, 2.45) is 0 Å². The van der Waals surface area contributed by atoms with Crippen LogP contribution in [0.1, 0.15) is 49.4 Å². The molecule has 0 fully saturated rings. The van der Waals surface area contributed by atoms with Gasteiger partial charge in [0.25, 0.3) is 0 Å². The Balaban J connectivity index is 1.67. The largest absolute Gasteiger partial charge is 0.383 e. The van der Waals surface area contributed by atoms with Gasteiger partial charge in [-0.25, -0.2) is 4.79 Å². The van der Waals surface area contributed by atoms with Gasteiger partial charge >= 0.3 is 6.03 Å². The summed E-state index contributed by atoms with van der Waals surface area (Å²) in [5, 5.41) is 2.91. The third kappa shape index (κ3) is 5.64. The number of methoxy groups -OCH3 is 1. The minimum Gasteiger partial charge on any atom is -0.383 e. The lowest BCUT2D eigenvalue weighted by Crippen LogP contribution is -2.48. The van der Waals surface area contributed by atoms with Crippen molar-refractivity contribution < 1.29 is 14.3 Å². The lowest BCUT2D eigenvalue weighted by molar-refractivity contribution is -0.134. The summed E-state index contributed by atoms with van der Waals surface area (Å²) in [4.78, 5) is 29.4. The predicted molar refractivity (Wildman–Crippen MR) is 123 cm³/mol. The van der Waals surface area contributed by atoms with E-state index in [2.05, 4.69) is 31.3 Å². The maximum atomic E-state index is 13.1. The van der Waals surface area contributed by atoms with Crippen LogP contribution in [0.5, 0.6) is 0 Å². The number of carbonyl (C=O) groups is 2. The first-order valence-electron chi connectivity index (χ1n) is 10.9. The number of nitrogens with one attached hydrogen (secondary N) is 1. The van der Waals surface area contributed by atoms with Crippen LogP contribution >= 0.6 is 0 Å². The highest BCUT2D eigenvalue weighted by molar-refractivity contribution is 5.92. The molecule has 0 radical (unpaired) electrons. The summed E-state index contributed by atoms with van der Waals surface area (Å²) < 4.78 is 5.16. The van der Waals surface area contributed by atoms with Crippen molar-refractivity contribution in [1.29, 1.82) is 0 Å². The summed E-state index contributed by atoms with van der Waals surface area (Å²) in [7, 11) is 1.59. The molecule has 2 aromatic carbocycles. The van der Waals surface area contributed by atoms with E-state index in [1.54, 1.807) is 7.11 Å². The van der Waals surface area contributed by atoms with Gasteiger partial charge in [0, 0.05) is 25.9 Å². The van der Waals surface area contributed by atoms with E-state index in [0.717, 1.165) is 6.42 Å². The van der Waals surface area contributed by atoms with Gasteiger partial charge in [-0.3, -0.25) is 4.79 Å². The molecule has 1 atom stereocenters. The van der Waals surface area contributed by atoms with Crippen molar-refractivity contribution in [2.45, 2.75) is 39.2 Å². The van der Waals surface area contributed by atoms with E-state index in [1.165, 1.54) is 21.6 Å². The van der Waals surface area contributed by atoms with Crippen molar-refractivity contribution in [3.8, 4) is 0 Å². The van der Waals surface area contributed by atoms with Crippen LogP contribution in [0.15, 0.2) is 48.5 Å². The van der Waals surface area contributed by atoms with Crippen LogP contribution in [0.2, 0.25) is 0 Å². The first kappa shape index (κ1) is 22.8. The first-order chi connectivity index (χ1) is 14.9. The molecule has 6 nitrogen and oxygen atoms in total. The Hall–Kier alpha value is -2.86. The number of hydrogen-bond acceptors (Lipinski definition) is 3. The summed E-state index contributed by atoms with van der Waals surface area (Å²) in [6.07, 6.45) is 0.832. The highest BCUT2D eigenvalue weighted by Crippen LogP contribution is 2.29. The molecule has 1 unspecified atom stereocenters. The Morgan fingerprint density at radius 3 is 2.55 bits per heavy atom. The second-order valence-corrected chi connectivity index (χ2v) is 8.33. The maximum absolute atomic E-state index is 13.1. The molecule has 3 amide bonds. The third-order valence-corrected chi connectivity index (χ3v) is 5.92. The number of amides is 3. The fourth-order valence-electron chi connectivity index (χ4n) is 3.97. The zero-order valence-corrected chi connectivity index (χ0v) is 18.9. The van der Waals surface area contributed by atoms with Crippen LogP contribution in [0.3, 0.4) is 0 Å². The monoisotopic (exact) mass is 423 g/mol. The van der Waals surface area contributed by atoms with Gasteiger partial charge in [-0.2, -0.15) is 0 Å². The highest BCUT2D eigenvalue weighted by Gasteiger charge is 2.29. The zero-order valence-electron chi connectivity index (χ0n) is 18.9. The average molecular weight is 424 g/mol. The van der Waals surface area contributed by atoms with Crippen molar-refractivity contribution in [3.63, 3.8) is 0 Å². The molecule has 0 saturated heterocycles. The Morgan fingerprint density at radius 1 is 1.16 bits per heavy atom. The molecule has 1 N–H and O–H groups in total. The Bertz CT molecular complexity index is 895. The molecular formula is C25H33N3O3. The highest BCUT2D eigenvalue weighted by atomic mass is 16.5. The number of ether oxygens (including phenoxy) is 1. The van der Waals surface area contributed by atoms with Crippen molar-refractivity contribution in [1.82, 2.24) is 9.80 Å². The summed E-state index contributed by atoms with van der Waals surface area (Å²) >= 11 is 0. The smallest absolute Gasteiger partial charge is 0.322 e. The SMILES string of the molecule is COCCN(CC(=O)N1CCc2ccccc2C1C)C(=O)Nc1ccc(C(C)C)cc1. The van der Waals surface area contributed by atoms with Crippen LogP contribution in [0.4, 0.5) is 10.5 Å². The standard InChI is InChI=1S/C25H33N3O3/c1-18(2)20-9-11-22(12-10-20)26-25(30)27(15-16-31-4)17-24(29)28-14-13-21-7-5-6-8-23(21)19(28)3/h5-12,18-19H,13-17H2,1-4H3,(H,26,30). The minimum atomic E-state index is -0.298. The Morgan fingerprint density at radius 2 is 1.87 bits per heavy atom. The number of urea groups is 1. The topological polar surface area (TPSA) is 61.9 Å². The Kier molecular flexibility index (Phi) is 7.69. The third-order valence-electron chi connectivity index (χ3n) is 5.92. The van der Waals surface area contributed by atoms with Gasteiger partial charge in [0.15, 0.2) is 0 Å². The summed E-state index contributed by atoms with van der Waals surface area (Å²) in [6, 6.07) is 15.8. The van der Waals surface area contributed by atoms with Gasteiger partial charge in [0.1, 0.15) is 6.54 Å². The maximum Gasteiger partial charge on any atom is 0.322 e. The number of nitrogens with zero attached hydrogens (tertiary/aromatic N) is 2. The number of rotatable bonds is 7. The zero-order chi connectivity index (χ0) is 22.4. The molecule has 166 valence electrons. The van der Waals surface area contributed by atoms with Crippen LogP contribution < -0.4 is 5.32 Å². The average Bonchev–Trinajstić information content (AvgIpc) is 2.77. The van der Waals surface area contributed by atoms with Crippen LogP contribution in [-0.4, -0.2) is 55.1 Å². The fourth-order valence-corrected chi connectivity index (χ4v) is 3.97. The molecule has 2 aromatic rings. The molecule has 1 heterocycles. The normalized spacial score (nSPS) is 15.5. The molecule has 1 aliphatic rings. The van der Waals surface area contributed by atoms with Crippen LogP contribution in [-0.2, 0) is 16.0 Å². The fraction of sp³-hybridized carbons (Fsp3) is 0.440. The van der Waals surface area contributed by atoms with Gasteiger partial charge in [0.2, 0.25) is 5.91 Å². The number of benzene rings is 2. The summed E-state index contributed by atoms with van der Waals surface area (Å²) in [5.41, 5.74) is 4.39. The van der Waals surface area contributed by atoms with E-state index in [-0.39, 0.29) is 24.5 Å². The molecule has 0 spiro atoms. The van der Waals surface area contributed by atoms with Crippen molar-refractivity contribution in [2.75, 3.05) is 38.7 Å². The van der Waals surface area contributed by atoms with Gasteiger partial charge in [-0.1, -0.05) is 50.2 Å². The summed E-state index contributed by atoms with van der Waals surface area (Å²) in [6.45, 7) is 7.70. The van der Waals surface area contributed by atoms with Crippen LogP contribution in [0, 0.1) is 0 Å². The minimum absolute atomic E-state index is 0.00614. The molecular weight excluding hydrogens is 390 g/mol. The molecule has 0 aliphatic carbocycles. The lowest BCUT2D eigenvalue weighted by atomic mass is 9.93. The van der Waals surface area contributed by atoms with Gasteiger partial charge < -0.3 is 19.9 Å². The number of anilines is 1. The second kappa shape index (κ2) is 10.4. The quantitative estimate of drug-likeness (QED) is 0.716. The number of hydrogen-bond donors (Lipinski definition) is 1. The van der Waals surface area contributed by atoms with E-state index in [9.17, 15) is 9.59 Å². The van der Waals surface area contributed by atoms with Crippen molar-refractivity contribution >= 4 is 17.6 Å². The molecule has 1 aliphatic heterocycles. The Labute approximate surface area is 185 Å². The lowest BCUT2D eigenvalue weighted by Gasteiger charge is -2.36. The van der Waals surface area contributed by atoms with E-state index in [1.807, 2.05) is 48.2 Å². The number of fused-ring (bicyclic) bond motifs is 1. The van der Waals surface area contributed by atoms with Crippen LogP contribution in [0.25, 0.3) is 0 Å². The van der Waals surface area contributed by atoms with Crippen molar-refractivity contribution in [3.05, 3.63) is 65.2 Å². The van der Waals surface area contributed by atoms with E-state index in [0.29, 0.717) is 31.3 Å². The van der Waals surface area contributed by atoms with Gasteiger partial charge in [-0.05, 0) is 48.1 Å². The predicted octanol–water partition coefficient (Wildman–Crippen LogP) is 4.44. The molecule has 6 heteroatoms. The molecule has 0 bridgehead atoms. The molecule has 31 heavy (non-hydrogen) atoms. The molecule has 0 saturated carbocycles. The number of carbonyl (C=O) groups excluding carboxylic acids is 2. The van der Waals surface area contributed by atoms with Gasteiger partial charge in [-0.15, -0.1) is 0 Å². The van der Waals surface area contributed by atoms with E-state index < -0.39 is 0 Å². The summed E-state index contributed by atoms with van der Waals surface area (Å²) in [5.74, 6) is 0.376. The first-order valence-corrected chi connectivity index (χ1v) is 10.9. The second-order valence-electron chi connectivity index (χ2n) is 8.33.